The second-order valence-electron chi connectivity index (χ2n) is 5.48. The van der Waals surface area contributed by atoms with Crippen LogP contribution < -0.4 is 0 Å². The van der Waals surface area contributed by atoms with E-state index in [9.17, 15) is 9.59 Å². The van der Waals surface area contributed by atoms with E-state index < -0.39 is 18.2 Å². The van der Waals surface area contributed by atoms with Crippen molar-refractivity contribution in [3.8, 4) is 0 Å². The van der Waals surface area contributed by atoms with E-state index in [1.54, 1.807) is 0 Å². The number of carbonyl (C=O) groups is 2. The Hall–Kier alpha value is -2.50. The lowest BCUT2D eigenvalue weighted by molar-refractivity contribution is -0.168. The number of carbonyl (C=O) groups excluding carboxylic acids is 2. The first kappa shape index (κ1) is 18.8. The number of rotatable bonds is 10. The molecule has 5 nitrogen and oxygen atoms in total. The van der Waals surface area contributed by atoms with Crippen molar-refractivity contribution >= 4 is 12.3 Å². The number of hydrogen-bond donors (Lipinski definition) is 0. The quantitative estimate of drug-likeness (QED) is 0.491. The van der Waals surface area contributed by atoms with Crippen LogP contribution in [0.3, 0.4) is 0 Å². The monoisotopic (exact) mass is 342 g/mol. The van der Waals surface area contributed by atoms with E-state index in [-0.39, 0.29) is 19.6 Å². The van der Waals surface area contributed by atoms with Crippen LogP contribution in [0.1, 0.15) is 17.5 Å². The average Bonchev–Trinajstić information content (AvgIpc) is 2.67. The van der Waals surface area contributed by atoms with E-state index >= 15 is 0 Å². The highest BCUT2D eigenvalue weighted by Crippen LogP contribution is 2.15. The van der Waals surface area contributed by atoms with E-state index in [4.69, 9.17) is 14.2 Å². The molecule has 2 aromatic rings. The summed E-state index contributed by atoms with van der Waals surface area (Å²) in [5.74, 6) is -0.559. The predicted molar refractivity (Wildman–Crippen MR) is 92.7 cm³/mol. The van der Waals surface area contributed by atoms with Gasteiger partial charge >= 0.3 is 5.97 Å². The second kappa shape index (κ2) is 10.4. The third-order valence-electron chi connectivity index (χ3n) is 3.68. The number of hydrogen-bond acceptors (Lipinski definition) is 5. The Morgan fingerprint density at radius 3 is 1.92 bits per heavy atom. The van der Waals surface area contributed by atoms with Gasteiger partial charge in [0, 0.05) is 6.42 Å². The lowest BCUT2D eigenvalue weighted by Gasteiger charge is -2.24. The molecule has 2 rings (SSSR count). The summed E-state index contributed by atoms with van der Waals surface area (Å²) in [5.41, 5.74) is 1.87. The zero-order chi connectivity index (χ0) is 17.9. The van der Waals surface area contributed by atoms with Crippen molar-refractivity contribution in [3.05, 3.63) is 71.8 Å². The molecule has 5 heteroatoms. The van der Waals surface area contributed by atoms with E-state index in [0.29, 0.717) is 0 Å². The van der Waals surface area contributed by atoms with Crippen molar-refractivity contribution in [2.24, 2.45) is 0 Å². The van der Waals surface area contributed by atoms with Crippen molar-refractivity contribution in [1.29, 1.82) is 0 Å². The van der Waals surface area contributed by atoms with E-state index in [1.807, 2.05) is 60.7 Å². The molecule has 0 saturated heterocycles. The molecule has 0 amide bonds. The highest BCUT2D eigenvalue weighted by Gasteiger charge is 2.31. The minimum absolute atomic E-state index is 0.0430. The molecule has 132 valence electrons. The lowest BCUT2D eigenvalue weighted by Crippen LogP contribution is -2.39. The van der Waals surface area contributed by atoms with Gasteiger partial charge in [0.05, 0.1) is 20.3 Å². The maximum atomic E-state index is 12.1. The maximum Gasteiger partial charge on any atom is 0.337 e. The Bertz CT molecular complexity index is 642. The van der Waals surface area contributed by atoms with Gasteiger partial charge < -0.3 is 19.0 Å². The SMILES string of the molecule is COC(=O)[C@H](OCc1ccccc1)[C@H](CC=O)OCc1ccccc1. The molecule has 0 unspecified atom stereocenters. The molecule has 0 bridgehead atoms. The summed E-state index contributed by atoms with van der Waals surface area (Å²) in [6.07, 6.45) is -0.924. The number of esters is 1. The summed E-state index contributed by atoms with van der Waals surface area (Å²) >= 11 is 0. The molecule has 0 radical (unpaired) electrons. The molecule has 0 spiro atoms. The molecule has 0 aliphatic carbocycles. The molecule has 0 aliphatic rings. The van der Waals surface area contributed by atoms with Crippen molar-refractivity contribution in [3.63, 3.8) is 0 Å². The first-order valence-electron chi connectivity index (χ1n) is 8.07. The Morgan fingerprint density at radius 1 is 0.920 bits per heavy atom. The third kappa shape index (κ3) is 6.14. The minimum atomic E-state index is -0.973. The van der Waals surface area contributed by atoms with E-state index in [2.05, 4.69) is 0 Å². The molecule has 0 fully saturated rings. The molecule has 25 heavy (non-hydrogen) atoms. The summed E-state index contributed by atoms with van der Waals surface area (Å²) < 4.78 is 16.3. The van der Waals surface area contributed by atoms with Crippen LogP contribution in [0.4, 0.5) is 0 Å². The van der Waals surface area contributed by atoms with Crippen LogP contribution >= 0.6 is 0 Å². The summed E-state index contributed by atoms with van der Waals surface area (Å²) in [6.45, 7) is 0.506. The molecule has 2 atom stereocenters. The van der Waals surface area contributed by atoms with Crippen LogP contribution in [0.2, 0.25) is 0 Å². The van der Waals surface area contributed by atoms with Crippen LogP contribution in [0.5, 0.6) is 0 Å². The van der Waals surface area contributed by atoms with Gasteiger partial charge in [0.2, 0.25) is 0 Å². The summed E-state index contributed by atoms with van der Waals surface area (Å²) in [4.78, 5) is 23.1. The summed E-state index contributed by atoms with van der Waals surface area (Å²) in [6, 6.07) is 19.0. The summed E-state index contributed by atoms with van der Waals surface area (Å²) in [5, 5.41) is 0. The highest BCUT2D eigenvalue weighted by atomic mass is 16.6. The van der Waals surface area contributed by atoms with Crippen molar-refractivity contribution in [2.75, 3.05) is 7.11 Å². The molecule has 0 heterocycles. The van der Waals surface area contributed by atoms with Gasteiger partial charge in [-0.25, -0.2) is 4.79 Å². The number of aldehydes is 1. The van der Waals surface area contributed by atoms with Gasteiger partial charge in [0.25, 0.3) is 0 Å². The Kier molecular flexibility index (Phi) is 7.82. The maximum absolute atomic E-state index is 12.1. The van der Waals surface area contributed by atoms with E-state index in [0.717, 1.165) is 17.4 Å². The molecular formula is C20H22O5. The van der Waals surface area contributed by atoms with Crippen LogP contribution in [0.15, 0.2) is 60.7 Å². The fourth-order valence-electron chi connectivity index (χ4n) is 2.35. The molecule has 0 saturated carbocycles. The Labute approximate surface area is 147 Å². The molecule has 0 aliphatic heterocycles. The third-order valence-corrected chi connectivity index (χ3v) is 3.68. The zero-order valence-electron chi connectivity index (χ0n) is 14.2. The number of ether oxygens (including phenoxy) is 3. The fourth-order valence-corrected chi connectivity index (χ4v) is 2.35. The molecular weight excluding hydrogens is 320 g/mol. The van der Waals surface area contributed by atoms with Crippen LogP contribution in [-0.4, -0.2) is 31.6 Å². The topological polar surface area (TPSA) is 61.8 Å². The van der Waals surface area contributed by atoms with Gasteiger partial charge in [-0.1, -0.05) is 60.7 Å². The van der Waals surface area contributed by atoms with Gasteiger partial charge in [-0.3, -0.25) is 0 Å². The van der Waals surface area contributed by atoms with E-state index in [1.165, 1.54) is 7.11 Å². The zero-order valence-corrected chi connectivity index (χ0v) is 14.2. The number of benzene rings is 2. The predicted octanol–water partition coefficient (Wildman–Crippen LogP) is 2.92. The van der Waals surface area contributed by atoms with Crippen molar-refractivity contribution in [2.45, 2.75) is 31.8 Å². The molecule has 0 N–H and O–H groups in total. The molecule has 2 aromatic carbocycles. The smallest absolute Gasteiger partial charge is 0.337 e. The standard InChI is InChI=1S/C20H22O5/c1-23-20(22)19(25-15-17-10-6-3-7-11-17)18(12-13-21)24-14-16-8-4-2-5-9-16/h2-11,13,18-19H,12,14-15H2,1H3/t18-,19+/m0/s1. The van der Waals surface area contributed by atoms with Crippen LogP contribution in [0.25, 0.3) is 0 Å². The van der Waals surface area contributed by atoms with Gasteiger partial charge in [-0.2, -0.15) is 0 Å². The Balaban J connectivity index is 2.04. The lowest BCUT2D eigenvalue weighted by atomic mass is 10.1. The normalized spacial score (nSPS) is 13.0. The largest absolute Gasteiger partial charge is 0.467 e. The average molecular weight is 342 g/mol. The van der Waals surface area contributed by atoms with Crippen LogP contribution in [0, 0.1) is 0 Å². The van der Waals surface area contributed by atoms with Crippen molar-refractivity contribution < 1.29 is 23.8 Å². The van der Waals surface area contributed by atoms with Gasteiger partial charge in [-0.15, -0.1) is 0 Å². The minimum Gasteiger partial charge on any atom is -0.467 e. The van der Waals surface area contributed by atoms with Gasteiger partial charge in [0.1, 0.15) is 12.4 Å². The van der Waals surface area contributed by atoms with Crippen LogP contribution in [-0.2, 0) is 37.0 Å². The summed E-state index contributed by atoms with van der Waals surface area (Å²) in [7, 11) is 1.29. The second-order valence-corrected chi connectivity index (χ2v) is 5.48. The highest BCUT2D eigenvalue weighted by molar-refractivity contribution is 5.76. The first-order chi connectivity index (χ1) is 12.2. The Morgan fingerprint density at radius 2 is 1.44 bits per heavy atom. The van der Waals surface area contributed by atoms with Gasteiger partial charge in [0.15, 0.2) is 6.10 Å². The van der Waals surface area contributed by atoms with Crippen molar-refractivity contribution in [1.82, 2.24) is 0 Å². The first-order valence-corrected chi connectivity index (χ1v) is 8.07. The van der Waals surface area contributed by atoms with Gasteiger partial charge in [-0.05, 0) is 11.1 Å². The number of methoxy groups -OCH3 is 1. The fraction of sp³-hybridized carbons (Fsp3) is 0.300. The molecule has 0 aromatic heterocycles.